The fourth-order valence-corrected chi connectivity index (χ4v) is 4.48. The molecule has 2 aliphatic rings. The van der Waals surface area contributed by atoms with Crippen LogP contribution in [0.3, 0.4) is 0 Å². The first-order chi connectivity index (χ1) is 16.0. The van der Waals surface area contributed by atoms with Gasteiger partial charge in [-0.2, -0.15) is 0 Å². The molecule has 176 valence electrons. The van der Waals surface area contributed by atoms with Crippen molar-refractivity contribution < 1.29 is 14.3 Å². The molecule has 2 fully saturated rings. The minimum Gasteiger partial charge on any atom is -0.497 e. The number of aryl methyl sites for hydroxylation is 1. The molecular formula is C25H33N5O3. The molecule has 8 nitrogen and oxygen atoms in total. The van der Waals surface area contributed by atoms with Crippen LogP contribution in [0.1, 0.15) is 18.4 Å². The monoisotopic (exact) mass is 451 g/mol. The van der Waals surface area contributed by atoms with Crippen molar-refractivity contribution in [1.29, 1.82) is 0 Å². The van der Waals surface area contributed by atoms with E-state index < -0.39 is 0 Å². The summed E-state index contributed by atoms with van der Waals surface area (Å²) in [4.78, 5) is 36.1. The number of nitrogens with one attached hydrogen (secondary N) is 1. The zero-order chi connectivity index (χ0) is 23.2. The van der Waals surface area contributed by atoms with Gasteiger partial charge in [0.25, 0.3) is 0 Å². The number of carbonyl (C=O) groups excluding carboxylic acids is 2. The first-order valence-corrected chi connectivity index (χ1v) is 11.6. The van der Waals surface area contributed by atoms with Crippen LogP contribution >= 0.6 is 0 Å². The zero-order valence-electron chi connectivity index (χ0n) is 19.5. The van der Waals surface area contributed by atoms with E-state index in [0.29, 0.717) is 12.4 Å². The maximum atomic E-state index is 12.8. The summed E-state index contributed by atoms with van der Waals surface area (Å²) in [5.74, 6) is 1.61. The number of methoxy groups -OCH3 is 1. The minimum atomic E-state index is -0.0355. The zero-order valence-corrected chi connectivity index (χ0v) is 19.5. The molecule has 2 amide bonds. The Morgan fingerprint density at radius 3 is 2.36 bits per heavy atom. The van der Waals surface area contributed by atoms with Crippen LogP contribution in [0, 0.1) is 12.8 Å². The minimum absolute atomic E-state index is 0.0220. The van der Waals surface area contributed by atoms with Crippen molar-refractivity contribution in [1.82, 2.24) is 14.8 Å². The third-order valence-corrected chi connectivity index (χ3v) is 6.55. The van der Waals surface area contributed by atoms with E-state index in [0.717, 1.165) is 69.1 Å². The Bertz CT molecular complexity index is 949. The van der Waals surface area contributed by atoms with E-state index in [4.69, 9.17) is 4.74 Å². The number of hydrogen-bond donors (Lipinski definition) is 1. The second kappa shape index (κ2) is 10.7. The number of ether oxygens (including phenoxy) is 1. The summed E-state index contributed by atoms with van der Waals surface area (Å²) >= 11 is 0. The molecule has 1 N–H and O–H groups in total. The molecule has 0 radical (unpaired) electrons. The fourth-order valence-electron chi connectivity index (χ4n) is 4.48. The summed E-state index contributed by atoms with van der Waals surface area (Å²) in [7, 11) is 1.67. The largest absolute Gasteiger partial charge is 0.497 e. The van der Waals surface area contributed by atoms with Gasteiger partial charge in [0.05, 0.1) is 13.7 Å². The SMILES string of the molecule is COc1ccc(N2CCN(C(=O)CN3CCC(C(=O)Nc4cc(C)ccn4)CC3)CC2)cc1. The molecule has 3 heterocycles. The Morgan fingerprint density at radius 2 is 1.73 bits per heavy atom. The van der Waals surface area contributed by atoms with Crippen LogP contribution in [0.25, 0.3) is 0 Å². The number of hydrogen-bond acceptors (Lipinski definition) is 6. The maximum absolute atomic E-state index is 12.8. The van der Waals surface area contributed by atoms with Crippen LogP contribution in [-0.4, -0.2) is 79.5 Å². The van der Waals surface area contributed by atoms with E-state index in [2.05, 4.69) is 32.2 Å². The second-order valence-electron chi connectivity index (χ2n) is 8.82. The van der Waals surface area contributed by atoms with Crippen LogP contribution in [0.5, 0.6) is 5.75 Å². The number of likely N-dealkylation sites (tertiary alicyclic amines) is 1. The van der Waals surface area contributed by atoms with Gasteiger partial charge in [-0.15, -0.1) is 0 Å². The van der Waals surface area contributed by atoms with E-state index in [-0.39, 0.29) is 17.7 Å². The van der Waals surface area contributed by atoms with Gasteiger partial charge in [0, 0.05) is 44.0 Å². The van der Waals surface area contributed by atoms with Crippen molar-refractivity contribution in [2.24, 2.45) is 5.92 Å². The van der Waals surface area contributed by atoms with Gasteiger partial charge in [-0.25, -0.2) is 4.98 Å². The molecule has 0 aliphatic carbocycles. The number of piperidine rings is 1. The van der Waals surface area contributed by atoms with Crippen LogP contribution in [0.2, 0.25) is 0 Å². The number of anilines is 2. The van der Waals surface area contributed by atoms with Gasteiger partial charge in [-0.3, -0.25) is 14.5 Å². The van der Waals surface area contributed by atoms with Gasteiger partial charge in [0.15, 0.2) is 0 Å². The molecule has 0 saturated carbocycles. The van der Waals surface area contributed by atoms with Gasteiger partial charge >= 0.3 is 0 Å². The lowest BCUT2D eigenvalue weighted by molar-refractivity contribution is -0.133. The summed E-state index contributed by atoms with van der Waals surface area (Å²) in [5.41, 5.74) is 2.22. The highest BCUT2D eigenvalue weighted by molar-refractivity contribution is 5.91. The molecular weight excluding hydrogens is 418 g/mol. The Hall–Kier alpha value is -3.13. The predicted molar refractivity (Wildman–Crippen MR) is 129 cm³/mol. The number of pyridine rings is 1. The number of nitrogens with zero attached hydrogens (tertiary/aromatic N) is 4. The van der Waals surface area contributed by atoms with Gasteiger partial charge in [-0.1, -0.05) is 0 Å². The molecule has 33 heavy (non-hydrogen) atoms. The molecule has 0 unspecified atom stereocenters. The lowest BCUT2D eigenvalue weighted by Gasteiger charge is -2.38. The van der Waals surface area contributed by atoms with E-state index >= 15 is 0 Å². The first kappa shape index (κ1) is 23.0. The summed E-state index contributed by atoms with van der Waals surface area (Å²) in [6, 6.07) is 11.8. The highest BCUT2D eigenvalue weighted by atomic mass is 16.5. The normalized spacial score (nSPS) is 17.6. The molecule has 0 bridgehead atoms. The summed E-state index contributed by atoms with van der Waals surface area (Å²) in [5, 5.41) is 2.93. The Kier molecular flexibility index (Phi) is 7.44. The van der Waals surface area contributed by atoms with Gasteiger partial charge in [0.2, 0.25) is 11.8 Å². The van der Waals surface area contributed by atoms with E-state index in [1.807, 2.05) is 36.1 Å². The van der Waals surface area contributed by atoms with Crippen LogP contribution in [-0.2, 0) is 9.59 Å². The highest BCUT2D eigenvalue weighted by Crippen LogP contribution is 2.22. The molecule has 4 rings (SSSR count). The van der Waals surface area contributed by atoms with Gasteiger partial charge in [-0.05, 0) is 74.8 Å². The van der Waals surface area contributed by atoms with Crippen LogP contribution < -0.4 is 15.0 Å². The number of carbonyl (C=O) groups is 2. The lowest BCUT2D eigenvalue weighted by atomic mass is 9.96. The van der Waals surface area contributed by atoms with Crippen molar-refractivity contribution >= 4 is 23.3 Å². The van der Waals surface area contributed by atoms with Crippen LogP contribution in [0.4, 0.5) is 11.5 Å². The van der Waals surface area contributed by atoms with Crippen molar-refractivity contribution in [3.05, 3.63) is 48.2 Å². The third kappa shape index (κ3) is 6.01. The standard InChI is InChI=1S/C25H33N5O3/c1-19-7-10-26-23(17-19)27-25(32)20-8-11-28(12-9-20)18-24(31)30-15-13-29(14-16-30)21-3-5-22(33-2)6-4-21/h3-7,10,17,20H,8-9,11-16,18H2,1-2H3,(H,26,27,32). The fraction of sp³-hybridized carbons (Fsp3) is 0.480. The number of aromatic nitrogens is 1. The highest BCUT2D eigenvalue weighted by Gasteiger charge is 2.28. The Morgan fingerprint density at radius 1 is 1.03 bits per heavy atom. The quantitative estimate of drug-likeness (QED) is 0.727. The molecule has 2 saturated heterocycles. The Labute approximate surface area is 195 Å². The van der Waals surface area contributed by atoms with Crippen molar-refractivity contribution in [3.8, 4) is 5.75 Å². The lowest BCUT2D eigenvalue weighted by Crippen LogP contribution is -2.52. The second-order valence-corrected chi connectivity index (χ2v) is 8.82. The summed E-state index contributed by atoms with van der Waals surface area (Å²) in [6.07, 6.45) is 3.22. The smallest absolute Gasteiger partial charge is 0.236 e. The topological polar surface area (TPSA) is 78.0 Å². The molecule has 2 aliphatic heterocycles. The van der Waals surface area contributed by atoms with Crippen LogP contribution in [0.15, 0.2) is 42.6 Å². The maximum Gasteiger partial charge on any atom is 0.236 e. The predicted octanol–water partition coefficient (Wildman–Crippen LogP) is 2.40. The molecule has 0 atom stereocenters. The van der Waals surface area contributed by atoms with Crippen molar-refractivity contribution in [2.45, 2.75) is 19.8 Å². The van der Waals surface area contributed by atoms with Crippen molar-refractivity contribution in [2.75, 3.05) is 63.1 Å². The third-order valence-electron chi connectivity index (χ3n) is 6.55. The molecule has 0 spiro atoms. The summed E-state index contributed by atoms with van der Waals surface area (Å²) < 4.78 is 5.23. The van der Waals surface area contributed by atoms with E-state index in [1.165, 1.54) is 0 Å². The average Bonchev–Trinajstić information content (AvgIpc) is 2.84. The number of amides is 2. The molecule has 2 aromatic rings. The van der Waals surface area contributed by atoms with Gasteiger partial charge in [0.1, 0.15) is 11.6 Å². The Balaban J connectivity index is 1.19. The van der Waals surface area contributed by atoms with E-state index in [1.54, 1.807) is 13.3 Å². The summed E-state index contributed by atoms with van der Waals surface area (Å²) in [6.45, 7) is 7.04. The molecule has 1 aromatic carbocycles. The first-order valence-electron chi connectivity index (χ1n) is 11.6. The number of rotatable bonds is 6. The molecule has 8 heteroatoms. The van der Waals surface area contributed by atoms with E-state index in [9.17, 15) is 9.59 Å². The van der Waals surface area contributed by atoms with Crippen molar-refractivity contribution in [3.63, 3.8) is 0 Å². The number of piperazine rings is 1. The van der Waals surface area contributed by atoms with Gasteiger partial charge < -0.3 is 19.9 Å². The molecule has 1 aromatic heterocycles. The number of benzene rings is 1. The average molecular weight is 452 g/mol.